The summed E-state index contributed by atoms with van der Waals surface area (Å²) in [7, 11) is 0. The van der Waals surface area contributed by atoms with Gasteiger partial charge in [0.2, 0.25) is 0 Å². The van der Waals surface area contributed by atoms with E-state index in [4.69, 9.17) is 9.68 Å². The summed E-state index contributed by atoms with van der Waals surface area (Å²) in [6.07, 6.45) is 6.66. The standard InChI is InChI=1S/C14H17N3O2/c15-9-12(11-17-6-2-1-3-7-17)14(18)16-10-13-5-4-8-19-13/h4-5,8,11H,1-3,6-7,10H2,(H,16,18)/b12-11-. The molecule has 1 amide bonds. The van der Waals surface area contributed by atoms with Gasteiger partial charge in [0, 0.05) is 19.3 Å². The molecular weight excluding hydrogens is 242 g/mol. The van der Waals surface area contributed by atoms with Crippen LogP contribution in [0.15, 0.2) is 34.6 Å². The van der Waals surface area contributed by atoms with Gasteiger partial charge >= 0.3 is 0 Å². The number of amides is 1. The fourth-order valence-corrected chi connectivity index (χ4v) is 2.04. The van der Waals surface area contributed by atoms with E-state index in [1.807, 2.05) is 11.0 Å². The molecule has 1 aromatic heterocycles. The Labute approximate surface area is 112 Å². The lowest BCUT2D eigenvalue weighted by Gasteiger charge is -2.25. The molecule has 2 heterocycles. The maximum absolute atomic E-state index is 11.9. The average molecular weight is 259 g/mol. The van der Waals surface area contributed by atoms with Crippen LogP contribution in [0.3, 0.4) is 0 Å². The van der Waals surface area contributed by atoms with Gasteiger partial charge in [0.25, 0.3) is 5.91 Å². The van der Waals surface area contributed by atoms with Crippen LogP contribution in [0.1, 0.15) is 25.0 Å². The Balaban J connectivity index is 1.91. The van der Waals surface area contributed by atoms with Crippen LogP contribution in [0.4, 0.5) is 0 Å². The number of nitrogens with one attached hydrogen (secondary N) is 1. The van der Waals surface area contributed by atoms with Crippen LogP contribution >= 0.6 is 0 Å². The van der Waals surface area contributed by atoms with Gasteiger partial charge in [-0.2, -0.15) is 5.26 Å². The average Bonchev–Trinajstić information content (AvgIpc) is 2.96. The zero-order valence-corrected chi connectivity index (χ0v) is 10.8. The number of carbonyl (C=O) groups excluding carboxylic acids is 1. The maximum atomic E-state index is 11.9. The van der Waals surface area contributed by atoms with Crippen LogP contribution in [-0.2, 0) is 11.3 Å². The highest BCUT2D eigenvalue weighted by atomic mass is 16.3. The Hall–Kier alpha value is -2.22. The maximum Gasteiger partial charge on any atom is 0.263 e. The normalized spacial score (nSPS) is 15.9. The number of nitriles is 1. The first kappa shape index (κ1) is 13.2. The number of likely N-dealkylation sites (tertiary alicyclic amines) is 1. The second kappa shape index (κ2) is 6.64. The molecule has 2 rings (SSSR count). The van der Waals surface area contributed by atoms with E-state index >= 15 is 0 Å². The third-order valence-electron chi connectivity index (χ3n) is 3.07. The van der Waals surface area contributed by atoms with Crippen LogP contribution in [-0.4, -0.2) is 23.9 Å². The molecule has 0 saturated carbocycles. The Morgan fingerprint density at radius 3 is 2.89 bits per heavy atom. The lowest BCUT2D eigenvalue weighted by atomic mass is 10.1. The number of hydrogen-bond donors (Lipinski definition) is 1. The predicted octanol–water partition coefficient (Wildman–Crippen LogP) is 1.79. The summed E-state index contributed by atoms with van der Waals surface area (Å²) in [6, 6.07) is 5.49. The first-order valence-corrected chi connectivity index (χ1v) is 6.46. The molecule has 1 N–H and O–H groups in total. The fraction of sp³-hybridized carbons (Fsp3) is 0.429. The Morgan fingerprint density at radius 2 is 2.26 bits per heavy atom. The predicted molar refractivity (Wildman–Crippen MR) is 69.7 cm³/mol. The number of furan rings is 1. The van der Waals surface area contributed by atoms with E-state index in [9.17, 15) is 4.79 Å². The van der Waals surface area contributed by atoms with E-state index in [1.54, 1.807) is 24.6 Å². The fourth-order valence-electron chi connectivity index (χ4n) is 2.04. The minimum atomic E-state index is -0.357. The molecule has 1 aliphatic heterocycles. The van der Waals surface area contributed by atoms with Gasteiger partial charge in [-0.3, -0.25) is 4.79 Å². The van der Waals surface area contributed by atoms with E-state index < -0.39 is 0 Å². The molecule has 1 aliphatic rings. The van der Waals surface area contributed by atoms with Crippen LogP contribution in [0.25, 0.3) is 0 Å². The van der Waals surface area contributed by atoms with Crippen molar-refractivity contribution in [3.05, 3.63) is 35.9 Å². The molecule has 0 aliphatic carbocycles. The van der Waals surface area contributed by atoms with Crippen molar-refractivity contribution in [3.63, 3.8) is 0 Å². The molecule has 1 aromatic rings. The second-order valence-corrected chi connectivity index (χ2v) is 4.51. The molecule has 5 heteroatoms. The van der Waals surface area contributed by atoms with Gasteiger partial charge in [-0.25, -0.2) is 0 Å². The molecule has 0 radical (unpaired) electrons. The summed E-state index contributed by atoms with van der Waals surface area (Å²) in [4.78, 5) is 13.9. The summed E-state index contributed by atoms with van der Waals surface area (Å²) >= 11 is 0. The second-order valence-electron chi connectivity index (χ2n) is 4.51. The highest BCUT2D eigenvalue weighted by Gasteiger charge is 2.13. The monoisotopic (exact) mass is 259 g/mol. The number of carbonyl (C=O) groups is 1. The first-order valence-electron chi connectivity index (χ1n) is 6.46. The largest absolute Gasteiger partial charge is 0.467 e. The van der Waals surface area contributed by atoms with E-state index in [-0.39, 0.29) is 11.5 Å². The summed E-state index contributed by atoms with van der Waals surface area (Å²) in [5.74, 6) is 0.313. The zero-order chi connectivity index (χ0) is 13.5. The molecular formula is C14H17N3O2. The Bertz CT molecular complexity index is 479. The molecule has 0 aromatic carbocycles. The van der Waals surface area contributed by atoms with E-state index in [2.05, 4.69) is 5.32 Å². The van der Waals surface area contributed by atoms with Crippen molar-refractivity contribution in [3.8, 4) is 6.07 Å². The molecule has 0 spiro atoms. The molecule has 19 heavy (non-hydrogen) atoms. The van der Waals surface area contributed by atoms with Gasteiger partial charge in [-0.05, 0) is 31.4 Å². The molecule has 5 nitrogen and oxygen atoms in total. The Morgan fingerprint density at radius 1 is 1.47 bits per heavy atom. The van der Waals surface area contributed by atoms with Crippen molar-refractivity contribution < 1.29 is 9.21 Å². The molecule has 100 valence electrons. The smallest absolute Gasteiger partial charge is 0.263 e. The van der Waals surface area contributed by atoms with Gasteiger partial charge in [0.1, 0.15) is 17.4 Å². The van der Waals surface area contributed by atoms with Gasteiger partial charge in [-0.1, -0.05) is 0 Å². The molecule has 1 fully saturated rings. The van der Waals surface area contributed by atoms with Gasteiger partial charge in [-0.15, -0.1) is 0 Å². The molecule has 0 unspecified atom stereocenters. The molecule has 1 saturated heterocycles. The van der Waals surface area contributed by atoms with Crippen LogP contribution in [0, 0.1) is 11.3 Å². The molecule has 0 atom stereocenters. The SMILES string of the molecule is N#C/C(=C/N1CCCCC1)C(=O)NCc1ccco1. The van der Waals surface area contributed by atoms with Crippen molar-refractivity contribution in [2.75, 3.05) is 13.1 Å². The lowest BCUT2D eigenvalue weighted by molar-refractivity contribution is -0.117. The van der Waals surface area contributed by atoms with Crippen LogP contribution < -0.4 is 5.32 Å². The summed E-state index contributed by atoms with van der Waals surface area (Å²) in [5, 5.41) is 11.7. The van der Waals surface area contributed by atoms with Crippen molar-refractivity contribution in [2.45, 2.75) is 25.8 Å². The number of piperidine rings is 1. The van der Waals surface area contributed by atoms with Crippen LogP contribution in [0.5, 0.6) is 0 Å². The van der Waals surface area contributed by atoms with Crippen molar-refractivity contribution in [1.82, 2.24) is 10.2 Å². The summed E-state index contributed by atoms with van der Waals surface area (Å²) in [6.45, 7) is 2.12. The minimum absolute atomic E-state index is 0.147. The summed E-state index contributed by atoms with van der Waals surface area (Å²) in [5.41, 5.74) is 0.147. The number of hydrogen-bond acceptors (Lipinski definition) is 4. The van der Waals surface area contributed by atoms with E-state index in [0.717, 1.165) is 25.9 Å². The number of rotatable bonds is 4. The van der Waals surface area contributed by atoms with Gasteiger partial charge in [0.15, 0.2) is 0 Å². The van der Waals surface area contributed by atoms with E-state index in [1.165, 1.54) is 6.42 Å². The Kier molecular flexibility index (Phi) is 4.62. The third-order valence-corrected chi connectivity index (χ3v) is 3.07. The highest BCUT2D eigenvalue weighted by molar-refractivity contribution is 5.97. The van der Waals surface area contributed by atoms with Crippen molar-refractivity contribution in [2.24, 2.45) is 0 Å². The molecule has 0 bridgehead atoms. The highest BCUT2D eigenvalue weighted by Crippen LogP contribution is 2.10. The number of nitrogens with zero attached hydrogens (tertiary/aromatic N) is 2. The van der Waals surface area contributed by atoms with Gasteiger partial charge in [0.05, 0.1) is 12.8 Å². The quantitative estimate of drug-likeness (QED) is 0.661. The zero-order valence-electron chi connectivity index (χ0n) is 10.8. The van der Waals surface area contributed by atoms with E-state index in [0.29, 0.717) is 12.3 Å². The topological polar surface area (TPSA) is 69.3 Å². The van der Waals surface area contributed by atoms with Crippen molar-refractivity contribution in [1.29, 1.82) is 5.26 Å². The van der Waals surface area contributed by atoms with Crippen LogP contribution in [0.2, 0.25) is 0 Å². The first-order chi connectivity index (χ1) is 9.29. The minimum Gasteiger partial charge on any atom is -0.467 e. The van der Waals surface area contributed by atoms with Crippen molar-refractivity contribution >= 4 is 5.91 Å². The van der Waals surface area contributed by atoms with Gasteiger partial charge < -0.3 is 14.6 Å². The summed E-state index contributed by atoms with van der Waals surface area (Å²) < 4.78 is 5.12. The lowest BCUT2D eigenvalue weighted by Crippen LogP contribution is -2.28. The third kappa shape index (κ3) is 3.88.